The number of hydrogen-bond donors (Lipinski definition) is 0. The van der Waals surface area contributed by atoms with Crippen LogP contribution >= 0.6 is 0 Å². The first-order valence-corrected chi connectivity index (χ1v) is 7.20. The normalized spacial score (nSPS) is 10.6. The average Bonchev–Trinajstić information content (AvgIpc) is 3.23. The molecule has 2 aromatic heterocycles. The van der Waals surface area contributed by atoms with Crippen LogP contribution in [0, 0.1) is 0 Å². The summed E-state index contributed by atoms with van der Waals surface area (Å²) in [4.78, 5) is 0. The van der Waals surface area contributed by atoms with E-state index in [9.17, 15) is 0 Å². The Kier molecular flexibility index (Phi) is 4.44. The number of benzene rings is 1. The fraction of sp³-hybridized carbons (Fsp3) is 0.235. The van der Waals surface area contributed by atoms with E-state index < -0.39 is 0 Å². The molecule has 5 nitrogen and oxygen atoms in total. The van der Waals surface area contributed by atoms with Gasteiger partial charge in [-0.25, -0.2) is 0 Å². The lowest BCUT2D eigenvalue weighted by Gasteiger charge is -2.06. The van der Waals surface area contributed by atoms with Crippen molar-refractivity contribution in [3.8, 4) is 23.0 Å². The maximum atomic E-state index is 5.67. The van der Waals surface area contributed by atoms with Gasteiger partial charge < -0.3 is 18.4 Å². The maximum Gasteiger partial charge on any atom is 0.202 e. The Labute approximate surface area is 128 Å². The SMILES string of the molecule is CCCOc1ccc(OCc2cc(-c3ccco3)on2)cc1. The number of furan rings is 1. The molecule has 0 amide bonds. The third-order valence-electron chi connectivity index (χ3n) is 3.01. The van der Waals surface area contributed by atoms with Gasteiger partial charge in [0.05, 0.1) is 12.9 Å². The lowest BCUT2D eigenvalue weighted by molar-refractivity contribution is 0.287. The molecule has 22 heavy (non-hydrogen) atoms. The standard InChI is InChI=1S/C17H17NO4/c1-2-9-19-14-5-7-15(8-6-14)21-12-13-11-17(22-18-13)16-4-3-10-20-16/h3-8,10-11H,2,9,12H2,1H3. The van der Waals surface area contributed by atoms with Crippen molar-refractivity contribution in [2.75, 3.05) is 6.61 Å². The minimum atomic E-state index is 0.333. The zero-order valence-corrected chi connectivity index (χ0v) is 12.3. The van der Waals surface area contributed by atoms with Gasteiger partial charge in [0.2, 0.25) is 5.76 Å². The summed E-state index contributed by atoms with van der Waals surface area (Å²) in [5, 5.41) is 3.96. The first-order valence-electron chi connectivity index (χ1n) is 7.20. The molecule has 0 aliphatic rings. The van der Waals surface area contributed by atoms with E-state index >= 15 is 0 Å². The third-order valence-corrected chi connectivity index (χ3v) is 3.01. The summed E-state index contributed by atoms with van der Waals surface area (Å²) in [6, 6.07) is 13.0. The molecule has 0 unspecified atom stereocenters. The molecule has 5 heteroatoms. The van der Waals surface area contributed by atoms with Crippen LogP contribution in [-0.4, -0.2) is 11.8 Å². The molecular formula is C17H17NO4. The number of ether oxygens (including phenoxy) is 2. The smallest absolute Gasteiger partial charge is 0.202 e. The fourth-order valence-corrected chi connectivity index (χ4v) is 1.92. The summed E-state index contributed by atoms with van der Waals surface area (Å²) in [7, 11) is 0. The van der Waals surface area contributed by atoms with Gasteiger partial charge in [0.25, 0.3) is 0 Å². The van der Waals surface area contributed by atoms with Crippen molar-refractivity contribution in [3.05, 3.63) is 54.4 Å². The highest BCUT2D eigenvalue weighted by atomic mass is 16.5. The molecule has 3 rings (SSSR count). The van der Waals surface area contributed by atoms with E-state index in [0.717, 1.165) is 17.9 Å². The van der Waals surface area contributed by atoms with Crippen molar-refractivity contribution in [1.82, 2.24) is 5.16 Å². The number of hydrogen-bond acceptors (Lipinski definition) is 5. The second-order valence-corrected chi connectivity index (χ2v) is 4.77. The lowest BCUT2D eigenvalue weighted by Crippen LogP contribution is -1.97. The molecular weight excluding hydrogens is 282 g/mol. The summed E-state index contributed by atoms with van der Waals surface area (Å²) in [5.74, 6) is 2.84. The molecule has 0 radical (unpaired) electrons. The number of aromatic nitrogens is 1. The van der Waals surface area contributed by atoms with E-state index in [2.05, 4.69) is 12.1 Å². The van der Waals surface area contributed by atoms with Crippen molar-refractivity contribution >= 4 is 0 Å². The molecule has 0 saturated carbocycles. The average molecular weight is 299 g/mol. The van der Waals surface area contributed by atoms with Gasteiger partial charge in [0.1, 0.15) is 23.8 Å². The van der Waals surface area contributed by atoms with Gasteiger partial charge in [-0.3, -0.25) is 0 Å². The predicted octanol–water partition coefficient (Wildman–Crippen LogP) is 4.30. The van der Waals surface area contributed by atoms with Crippen molar-refractivity contribution in [1.29, 1.82) is 0 Å². The van der Waals surface area contributed by atoms with E-state index in [0.29, 0.717) is 30.4 Å². The zero-order valence-electron chi connectivity index (χ0n) is 12.3. The predicted molar refractivity (Wildman–Crippen MR) is 80.8 cm³/mol. The van der Waals surface area contributed by atoms with Gasteiger partial charge in [-0.05, 0) is 42.8 Å². The van der Waals surface area contributed by atoms with Crippen LogP contribution in [-0.2, 0) is 6.61 Å². The molecule has 0 spiro atoms. The highest BCUT2D eigenvalue weighted by Crippen LogP contribution is 2.22. The minimum absolute atomic E-state index is 0.333. The van der Waals surface area contributed by atoms with Gasteiger partial charge in [0.15, 0.2) is 5.76 Å². The van der Waals surface area contributed by atoms with E-state index in [-0.39, 0.29) is 0 Å². The number of rotatable bonds is 7. The second kappa shape index (κ2) is 6.85. The van der Waals surface area contributed by atoms with Gasteiger partial charge in [0, 0.05) is 6.07 Å². The van der Waals surface area contributed by atoms with Crippen LogP contribution in [0.15, 0.2) is 57.7 Å². The molecule has 1 aromatic carbocycles. The van der Waals surface area contributed by atoms with E-state index in [1.807, 2.05) is 30.3 Å². The summed E-state index contributed by atoms with van der Waals surface area (Å²) in [6.45, 7) is 3.13. The van der Waals surface area contributed by atoms with Crippen LogP contribution < -0.4 is 9.47 Å². The molecule has 114 valence electrons. The Hall–Kier alpha value is -2.69. The third kappa shape index (κ3) is 3.49. The van der Waals surface area contributed by atoms with Crippen LogP contribution in [0.1, 0.15) is 19.0 Å². The fourth-order valence-electron chi connectivity index (χ4n) is 1.92. The highest BCUT2D eigenvalue weighted by Gasteiger charge is 2.09. The Morgan fingerprint density at radius 2 is 1.77 bits per heavy atom. The monoisotopic (exact) mass is 299 g/mol. The van der Waals surface area contributed by atoms with Crippen LogP contribution in [0.3, 0.4) is 0 Å². The Morgan fingerprint density at radius 3 is 2.45 bits per heavy atom. The van der Waals surface area contributed by atoms with Crippen LogP contribution in [0.5, 0.6) is 11.5 Å². The minimum Gasteiger partial charge on any atom is -0.494 e. The van der Waals surface area contributed by atoms with Gasteiger partial charge in [-0.2, -0.15) is 0 Å². The van der Waals surface area contributed by atoms with Gasteiger partial charge in [-0.15, -0.1) is 0 Å². The van der Waals surface area contributed by atoms with E-state index in [1.165, 1.54) is 0 Å². The maximum absolute atomic E-state index is 5.67. The van der Waals surface area contributed by atoms with Crippen molar-refractivity contribution in [2.24, 2.45) is 0 Å². The molecule has 0 aliphatic carbocycles. The van der Waals surface area contributed by atoms with E-state index in [4.69, 9.17) is 18.4 Å². The van der Waals surface area contributed by atoms with Crippen LogP contribution in [0.2, 0.25) is 0 Å². The lowest BCUT2D eigenvalue weighted by atomic mass is 10.3. The first-order chi connectivity index (χ1) is 10.8. The second-order valence-electron chi connectivity index (χ2n) is 4.77. The largest absolute Gasteiger partial charge is 0.494 e. The quantitative estimate of drug-likeness (QED) is 0.651. The topological polar surface area (TPSA) is 57.6 Å². The summed E-state index contributed by atoms with van der Waals surface area (Å²) >= 11 is 0. The Morgan fingerprint density at radius 1 is 1.00 bits per heavy atom. The summed E-state index contributed by atoms with van der Waals surface area (Å²) in [5.41, 5.74) is 0.706. The molecule has 0 atom stereocenters. The van der Waals surface area contributed by atoms with Crippen molar-refractivity contribution in [2.45, 2.75) is 20.0 Å². The molecule has 0 fully saturated rings. The highest BCUT2D eigenvalue weighted by molar-refractivity contribution is 5.49. The van der Waals surface area contributed by atoms with Gasteiger partial charge >= 0.3 is 0 Å². The molecule has 3 aromatic rings. The van der Waals surface area contributed by atoms with Crippen molar-refractivity contribution in [3.63, 3.8) is 0 Å². The van der Waals surface area contributed by atoms with E-state index in [1.54, 1.807) is 18.4 Å². The Bertz CT molecular complexity index is 686. The van der Waals surface area contributed by atoms with Crippen molar-refractivity contribution < 1.29 is 18.4 Å². The zero-order chi connectivity index (χ0) is 15.2. The molecule has 0 bridgehead atoms. The first kappa shape index (κ1) is 14.3. The Balaban J connectivity index is 1.56. The molecule has 0 aliphatic heterocycles. The summed E-state index contributed by atoms with van der Waals surface area (Å²) in [6.07, 6.45) is 2.58. The van der Waals surface area contributed by atoms with Gasteiger partial charge in [-0.1, -0.05) is 12.1 Å². The molecule has 0 saturated heterocycles. The summed E-state index contributed by atoms with van der Waals surface area (Å²) < 4.78 is 21.7. The molecule has 2 heterocycles. The molecule has 0 N–H and O–H groups in total. The van der Waals surface area contributed by atoms with Crippen LogP contribution in [0.25, 0.3) is 11.5 Å². The number of nitrogens with zero attached hydrogens (tertiary/aromatic N) is 1. The van der Waals surface area contributed by atoms with Crippen LogP contribution in [0.4, 0.5) is 0 Å².